The predicted octanol–water partition coefficient (Wildman–Crippen LogP) is 4.64. The van der Waals surface area contributed by atoms with Crippen LogP contribution in [0.4, 0.5) is 0 Å². The molecule has 2 heteroatoms. The lowest BCUT2D eigenvalue weighted by Crippen LogP contribution is -2.63. The maximum Gasteiger partial charge on any atom is 0.0116 e. The van der Waals surface area contributed by atoms with Gasteiger partial charge in [-0.15, -0.1) is 0 Å². The highest BCUT2D eigenvalue weighted by molar-refractivity contribution is 5.03. The first-order chi connectivity index (χ1) is 11.5. The molecule has 24 heavy (non-hydrogen) atoms. The monoisotopic (exact) mass is 332 g/mol. The van der Waals surface area contributed by atoms with Crippen LogP contribution >= 0.6 is 0 Å². The molecule has 5 fully saturated rings. The summed E-state index contributed by atoms with van der Waals surface area (Å²) in [4.78, 5) is 5.61. The highest BCUT2D eigenvalue weighted by atomic mass is 15.3. The minimum Gasteiger partial charge on any atom is -0.301 e. The van der Waals surface area contributed by atoms with E-state index in [4.69, 9.17) is 0 Å². The molecule has 0 aromatic rings. The molecule has 2 unspecified atom stereocenters. The molecule has 3 saturated heterocycles. The standard InChI is InChI=1S/C22H40N2/c1-15(2)18-9-19(10-18)20-11-21-13-22(12-20)24(21)14-17-5-7-23(8-6-17)16(3)4/h15-22H,5-14H2,1-4H3. The van der Waals surface area contributed by atoms with Gasteiger partial charge < -0.3 is 4.90 Å². The fourth-order valence-corrected chi connectivity index (χ4v) is 6.27. The SMILES string of the molecule is CC(C)C1CC(C2CC3CC(C2)N3CC2CCN(C(C)C)CC2)C1. The number of fused-ring (bicyclic) bond motifs is 2. The number of hydrogen-bond acceptors (Lipinski definition) is 2. The fraction of sp³-hybridized carbons (Fsp3) is 1.00. The average Bonchev–Trinajstić information content (AvgIpc) is 2.51. The van der Waals surface area contributed by atoms with E-state index in [2.05, 4.69) is 37.5 Å². The smallest absolute Gasteiger partial charge is 0.0116 e. The van der Waals surface area contributed by atoms with Crippen LogP contribution in [0.3, 0.4) is 0 Å². The number of hydrogen-bond donors (Lipinski definition) is 0. The molecule has 2 aliphatic carbocycles. The van der Waals surface area contributed by atoms with Crippen LogP contribution < -0.4 is 0 Å². The van der Waals surface area contributed by atoms with Crippen molar-refractivity contribution in [1.29, 1.82) is 0 Å². The maximum absolute atomic E-state index is 2.94. The van der Waals surface area contributed by atoms with Crippen molar-refractivity contribution in [3.05, 3.63) is 0 Å². The van der Waals surface area contributed by atoms with Crippen molar-refractivity contribution in [3.63, 3.8) is 0 Å². The zero-order chi connectivity index (χ0) is 16.8. The van der Waals surface area contributed by atoms with E-state index in [1.54, 1.807) is 12.8 Å². The first-order valence-corrected chi connectivity index (χ1v) is 11.0. The quantitative estimate of drug-likeness (QED) is 0.723. The second-order valence-corrected chi connectivity index (χ2v) is 10.3. The lowest BCUT2D eigenvalue weighted by atomic mass is 9.58. The number of piperidine rings is 2. The Balaban J connectivity index is 1.21. The molecule has 0 aromatic carbocycles. The Morgan fingerprint density at radius 2 is 1.38 bits per heavy atom. The van der Waals surface area contributed by atoms with E-state index < -0.39 is 0 Å². The second kappa shape index (κ2) is 6.91. The van der Waals surface area contributed by atoms with Crippen molar-refractivity contribution in [3.8, 4) is 0 Å². The molecule has 0 aromatic heterocycles. The van der Waals surface area contributed by atoms with Crippen molar-refractivity contribution >= 4 is 0 Å². The molecular formula is C22H40N2. The van der Waals surface area contributed by atoms with Gasteiger partial charge in [0, 0.05) is 24.7 Å². The van der Waals surface area contributed by atoms with Gasteiger partial charge in [-0.25, -0.2) is 0 Å². The van der Waals surface area contributed by atoms with Crippen LogP contribution in [0.5, 0.6) is 0 Å². The van der Waals surface area contributed by atoms with E-state index in [0.717, 1.165) is 47.7 Å². The van der Waals surface area contributed by atoms with Crippen molar-refractivity contribution in [2.24, 2.45) is 29.6 Å². The molecule has 2 bridgehead atoms. The fourth-order valence-electron chi connectivity index (χ4n) is 6.27. The second-order valence-electron chi connectivity index (χ2n) is 10.3. The third kappa shape index (κ3) is 3.30. The van der Waals surface area contributed by atoms with E-state index >= 15 is 0 Å². The van der Waals surface area contributed by atoms with E-state index in [9.17, 15) is 0 Å². The van der Waals surface area contributed by atoms with Crippen LogP contribution in [0.15, 0.2) is 0 Å². The van der Waals surface area contributed by atoms with Crippen molar-refractivity contribution in [1.82, 2.24) is 9.80 Å². The van der Waals surface area contributed by atoms with Gasteiger partial charge in [0.2, 0.25) is 0 Å². The Morgan fingerprint density at radius 1 is 0.792 bits per heavy atom. The maximum atomic E-state index is 2.94. The molecule has 3 aliphatic heterocycles. The first kappa shape index (κ1) is 17.3. The number of nitrogens with zero attached hydrogens (tertiary/aromatic N) is 2. The predicted molar refractivity (Wildman–Crippen MR) is 102 cm³/mol. The van der Waals surface area contributed by atoms with Crippen LogP contribution in [0.25, 0.3) is 0 Å². The van der Waals surface area contributed by atoms with Crippen LogP contribution in [0.2, 0.25) is 0 Å². The highest BCUT2D eigenvalue weighted by Crippen LogP contribution is 2.51. The summed E-state index contributed by atoms with van der Waals surface area (Å²) < 4.78 is 0. The van der Waals surface area contributed by atoms with Crippen molar-refractivity contribution in [2.75, 3.05) is 19.6 Å². The molecule has 5 rings (SSSR count). The van der Waals surface area contributed by atoms with Gasteiger partial charge in [-0.05, 0) is 101 Å². The summed E-state index contributed by atoms with van der Waals surface area (Å²) in [6.07, 6.45) is 10.6. The molecule has 3 heterocycles. The van der Waals surface area contributed by atoms with Gasteiger partial charge in [-0.1, -0.05) is 13.8 Å². The Labute approximate surface area is 150 Å². The molecule has 138 valence electrons. The Morgan fingerprint density at radius 3 is 1.92 bits per heavy atom. The summed E-state index contributed by atoms with van der Waals surface area (Å²) in [7, 11) is 0. The zero-order valence-electron chi connectivity index (χ0n) is 16.6. The van der Waals surface area contributed by atoms with Gasteiger partial charge in [0.1, 0.15) is 0 Å². The molecule has 0 N–H and O–H groups in total. The summed E-state index contributed by atoms with van der Waals surface area (Å²) in [5, 5.41) is 0. The highest BCUT2D eigenvalue weighted by Gasteiger charge is 2.49. The molecule has 5 aliphatic rings. The summed E-state index contributed by atoms with van der Waals surface area (Å²) in [5.74, 6) is 5.14. The Kier molecular flexibility index (Phi) is 4.99. The first-order valence-electron chi connectivity index (χ1n) is 11.0. The van der Waals surface area contributed by atoms with Crippen molar-refractivity contribution in [2.45, 2.75) is 90.8 Å². The van der Waals surface area contributed by atoms with Gasteiger partial charge in [0.05, 0.1) is 0 Å². The van der Waals surface area contributed by atoms with Crippen LogP contribution in [-0.2, 0) is 0 Å². The number of rotatable bonds is 5. The largest absolute Gasteiger partial charge is 0.301 e. The van der Waals surface area contributed by atoms with Crippen molar-refractivity contribution < 1.29 is 0 Å². The zero-order valence-corrected chi connectivity index (χ0v) is 16.6. The van der Waals surface area contributed by atoms with Gasteiger partial charge in [0.25, 0.3) is 0 Å². The van der Waals surface area contributed by atoms with Crippen LogP contribution in [-0.4, -0.2) is 47.6 Å². The lowest BCUT2D eigenvalue weighted by molar-refractivity contribution is -0.0916. The normalized spacial score (nSPS) is 41.5. The molecule has 2 nitrogen and oxygen atoms in total. The molecular weight excluding hydrogens is 292 g/mol. The number of likely N-dealkylation sites (tertiary alicyclic amines) is 1. The third-order valence-corrected chi connectivity index (χ3v) is 8.30. The average molecular weight is 333 g/mol. The summed E-state index contributed by atoms with van der Waals surface area (Å²) in [5.41, 5.74) is 0. The Hall–Kier alpha value is -0.0800. The van der Waals surface area contributed by atoms with Gasteiger partial charge in [-0.2, -0.15) is 0 Å². The molecule has 2 atom stereocenters. The Bertz CT molecular complexity index is 406. The van der Waals surface area contributed by atoms with E-state index in [1.807, 2.05) is 0 Å². The minimum atomic E-state index is 0.743. The topological polar surface area (TPSA) is 6.48 Å². The summed E-state index contributed by atoms with van der Waals surface area (Å²) in [6.45, 7) is 13.7. The van der Waals surface area contributed by atoms with Gasteiger partial charge in [-0.3, -0.25) is 4.90 Å². The van der Waals surface area contributed by atoms with Crippen LogP contribution in [0, 0.1) is 29.6 Å². The van der Waals surface area contributed by atoms with E-state index in [1.165, 1.54) is 51.7 Å². The summed E-state index contributed by atoms with van der Waals surface area (Å²) in [6, 6.07) is 2.68. The van der Waals surface area contributed by atoms with E-state index in [0.29, 0.717) is 0 Å². The third-order valence-electron chi connectivity index (χ3n) is 8.30. The van der Waals surface area contributed by atoms with E-state index in [-0.39, 0.29) is 0 Å². The van der Waals surface area contributed by atoms with Crippen LogP contribution in [0.1, 0.15) is 72.6 Å². The summed E-state index contributed by atoms with van der Waals surface area (Å²) >= 11 is 0. The molecule has 0 radical (unpaired) electrons. The molecule has 0 amide bonds. The molecule has 0 spiro atoms. The van der Waals surface area contributed by atoms with Gasteiger partial charge >= 0.3 is 0 Å². The van der Waals surface area contributed by atoms with Gasteiger partial charge in [0.15, 0.2) is 0 Å². The lowest BCUT2D eigenvalue weighted by Gasteiger charge is -2.59. The minimum absolute atomic E-state index is 0.743. The molecule has 2 saturated carbocycles.